The number of β-amino-alcohol motifs (C(OH)–C–C–N with tert-alkyl or cyclic N) is 1. The second kappa shape index (κ2) is 8.64. The Labute approximate surface area is 196 Å². The fraction of sp³-hybridized carbons (Fsp3) is 0.316. The van der Waals surface area contributed by atoms with E-state index in [1.54, 1.807) is 0 Å². The topological polar surface area (TPSA) is 136 Å². The first kappa shape index (κ1) is 25.6. The zero-order valence-electron chi connectivity index (χ0n) is 16.5. The molecular formula is C19H16BrF3N2O6S2. The molecule has 0 bridgehead atoms. The van der Waals surface area contributed by atoms with E-state index in [9.17, 15) is 40.2 Å². The van der Waals surface area contributed by atoms with Crippen molar-refractivity contribution in [1.29, 1.82) is 5.26 Å². The Morgan fingerprint density at radius 1 is 1.15 bits per heavy atom. The lowest BCUT2D eigenvalue weighted by Crippen LogP contribution is -2.49. The second-order valence-electron chi connectivity index (χ2n) is 7.37. The quantitative estimate of drug-likeness (QED) is 0.562. The molecule has 1 unspecified atom stereocenters. The molecule has 178 valence electrons. The van der Waals surface area contributed by atoms with Crippen LogP contribution in [0.1, 0.15) is 11.1 Å². The maximum absolute atomic E-state index is 13.1. The van der Waals surface area contributed by atoms with Crippen molar-refractivity contribution in [2.24, 2.45) is 0 Å². The van der Waals surface area contributed by atoms with E-state index in [2.05, 4.69) is 15.9 Å². The lowest BCUT2D eigenvalue weighted by Gasteiger charge is -2.26. The highest BCUT2D eigenvalue weighted by molar-refractivity contribution is 9.10. The van der Waals surface area contributed by atoms with Gasteiger partial charge in [0.1, 0.15) is 10.9 Å². The van der Waals surface area contributed by atoms with E-state index in [1.807, 2.05) is 6.07 Å². The van der Waals surface area contributed by atoms with Gasteiger partial charge in [-0.25, -0.2) is 16.8 Å². The van der Waals surface area contributed by atoms with Gasteiger partial charge < -0.3 is 10.2 Å². The summed E-state index contributed by atoms with van der Waals surface area (Å²) in [4.78, 5) is -0.861. The highest BCUT2D eigenvalue weighted by Gasteiger charge is 2.55. The summed E-state index contributed by atoms with van der Waals surface area (Å²) < 4.78 is 91.4. The number of hydrogen-bond acceptors (Lipinski definition) is 7. The monoisotopic (exact) mass is 568 g/mol. The smallest absolute Gasteiger partial charge is 0.393 e. The predicted octanol–water partition coefficient (Wildman–Crippen LogP) is 1.91. The Bertz CT molecular complexity index is 1320. The third-order valence-corrected chi connectivity index (χ3v) is 10.3. The molecule has 0 spiro atoms. The third kappa shape index (κ3) is 4.66. The molecule has 0 saturated carbocycles. The highest BCUT2D eigenvalue weighted by atomic mass is 79.9. The number of nitrogens with zero attached hydrogens (tertiary/aromatic N) is 2. The fourth-order valence-corrected chi connectivity index (χ4v) is 8.05. The van der Waals surface area contributed by atoms with E-state index in [4.69, 9.17) is 5.26 Å². The van der Waals surface area contributed by atoms with Crippen LogP contribution in [0.15, 0.2) is 56.7 Å². The van der Waals surface area contributed by atoms with Crippen LogP contribution in [-0.4, -0.2) is 61.9 Å². The molecule has 0 amide bonds. The first-order valence-electron chi connectivity index (χ1n) is 9.11. The summed E-state index contributed by atoms with van der Waals surface area (Å²) in [5.74, 6) is 0. The fourth-order valence-electron chi connectivity index (χ4n) is 3.46. The number of aliphatic hydroxyl groups is 2. The van der Waals surface area contributed by atoms with Gasteiger partial charge in [-0.15, -0.1) is 0 Å². The van der Waals surface area contributed by atoms with Crippen molar-refractivity contribution in [1.82, 2.24) is 4.31 Å². The largest absolute Gasteiger partial charge is 0.416 e. The van der Waals surface area contributed by atoms with Gasteiger partial charge in [-0.05, 0) is 58.4 Å². The standard InChI is InChI=1S/C19H16BrF3N2O6S2/c20-15-7-13(19(21,22)23)3-6-16(15)33(30,31)25-9-17(18(27,10-25)11-26)32(28,29)14-4-1-12(8-24)2-5-14/h1-7,17,26-27H,9-11H2/t17?,18-/m1/s1. The number of sulfone groups is 1. The summed E-state index contributed by atoms with van der Waals surface area (Å²) in [7, 11) is -8.94. The summed E-state index contributed by atoms with van der Waals surface area (Å²) >= 11 is 2.81. The number of benzene rings is 2. The van der Waals surface area contributed by atoms with Gasteiger partial charge >= 0.3 is 6.18 Å². The summed E-state index contributed by atoms with van der Waals surface area (Å²) in [6.07, 6.45) is -4.71. The van der Waals surface area contributed by atoms with Crippen molar-refractivity contribution in [3.8, 4) is 6.07 Å². The van der Waals surface area contributed by atoms with Crippen molar-refractivity contribution >= 4 is 35.8 Å². The van der Waals surface area contributed by atoms with Gasteiger partial charge in [0.05, 0.1) is 33.6 Å². The van der Waals surface area contributed by atoms with Gasteiger partial charge in [-0.3, -0.25) is 0 Å². The number of sulfonamides is 1. The van der Waals surface area contributed by atoms with Crippen molar-refractivity contribution < 1.29 is 40.2 Å². The van der Waals surface area contributed by atoms with Gasteiger partial charge in [0.2, 0.25) is 10.0 Å². The SMILES string of the molecule is N#Cc1ccc(S(=O)(=O)C2CN(S(=O)(=O)c3ccc(C(F)(F)F)cc3Br)C[C@@]2(O)CO)cc1. The normalized spacial score (nSPS) is 22.3. The van der Waals surface area contributed by atoms with E-state index >= 15 is 0 Å². The number of alkyl halides is 3. The van der Waals surface area contributed by atoms with Gasteiger partial charge in [0, 0.05) is 17.6 Å². The molecule has 2 N–H and O–H groups in total. The Hall–Kier alpha value is -2.02. The van der Waals surface area contributed by atoms with E-state index in [-0.39, 0.29) is 10.5 Å². The van der Waals surface area contributed by atoms with Crippen molar-refractivity contribution in [3.63, 3.8) is 0 Å². The van der Waals surface area contributed by atoms with Crippen LogP contribution in [0, 0.1) is 11.3 Å². The molecule has 2 aromatic rings. The lowest BCUT2D eigenvalue weighted by molar-refractivity contribution is -0.137. The molecule has 0 aromatic heterocycles. The molecule has 2 aromatic carbocycles. The molecule has 8 nitrogen and oxygen atoms in total. The van der Waals surface area contributed by atoms with Crippen molar-refractivity contribution in [2.75, 3.05) is 19.7 Å². The summed E-state index contributed by atoms with van der Waals surface area (Å²) in [5, 5.41) is 27.6. The lowest BCUT2D eigenvalue weighted by atomic mass is 10.1. The average Bonchev–Trinajstić information content (AvgIpc) is 3.12. The van der Waals surface area contributed by atoms with Crippen LogP contribution in [0.4, 0.5) is 13.2 Å². The van der Waals surface area contributed by atoms with Crippen LogP contribution in [-0.2, 0) is 26.0 Å². The number of nitriles is 1. The Balaban J connectivity index is 2.01. The number of aliphatic hydroxyl groups excluding tert-OH is 1. The highest BCUT2D eigenvalue weighted by Crippen LogP contribution is 2.38. The average molecular weight is 569 g/mol. The number of hydrogen-bond donors (Lipinski definition) is 2. The minimum absolute atomic E-state index is 0.175. The number of rotatable bonds is 5. The van der Waals surface area contributed by atoms with Crippen molar-refractivity contribution in [3.05, 3.63) is 58.1 Å². The van der Waals surface area contributed by atoms with E-state index in [0.29, 0.717) is 16.4 Å². The molecule has 0 aliphatic carbocycles. The Kier molecular flexibility index (Phi) is 6.70. The molecular weight excluding hydrogens is 553 g/mol. The maximum Gasteiger partial charge on any atom is 0.416 e. The van der Waals surface area contributed by atoms with E-state index in [1.165, 1.54) is 12.1 Å². The van der Waals surface area contributed by atoms with Crippen LogP contribution < -0.4 is 0 Å². The molecule has 33 heavy (non-hydrogen) atoms. The van der Waals surface area contributed by atoms with Gasteiger partial charge in [0.25, 0.3) is 0 Å². The third-order valence-electron chi connectivity index (χ3n) is 5.26. The van der Waals surface area contributed by atoms with Crippen LogP contribution in [0.25, 0.3) is 0 Å². The van der Waals surface area contributed by atoms with E-state index in [0.717, 1.165) is 18.2 Å². The molecule has 1 aliphatic heterocycles. The summed E-state index contributed by atoms with van der Waals surface area (Å²) in [6.45, 7) is -2.65. The molecule has 1 saturated heterocycles. The van der Waals surface area contributed by atoms with Crippen molar-refractivity contribution in [2.45, 2.75) is 26.8 Å². The molecule has 1 fully saturated rings. The predicted molar refractivity (Wildman–Crippen MR) is 112 cm³/mol. The number of halogens is 4. The van der Waals surface area contributed by atoms with Gasteiger partial charge in [0.15, 0.2) is 9.84 Å². The Morgan fingerprint density at radius 2 is 1.76 bits per heavy atom. The summed E-state index contributed by atoms with van der Waals surface area (Å²) in [5.41, 5.74) is -3.30. The molecule has 1 heterocycles. The molecule has 1 aliphatic rings. The van der Waals surface area contributed by atoms with Gasteiger partial charge in [-0.1, -0.05) is 0 Å². The van der Waals surface area contributed by atoms with Crippen LogP contribution in [0.2, 0.25) is 0 Å². The van der Waals surface area contributed by atoms with Crippen LogP contribution in [0.5, 0.6) is 0 Å². The Morgan fingerprint density at radius 3 is 2.24 bits per heavy atom. The minimum Gasteiger partial charge on any atom is -0.393 e. The molecule has 3 rings (SSSR count). The molecule has 0 radical (unpaired) electrons. The zero-order valence-corrected chi connectivity index (χ0v) is 19.7. The summed E-state index contributed by atoms with van der Waals surface area (Å²) in [6, 6.07) is 8.39. The zero-order chi connectivity index (χ0) is 24.8. The van der Waals surface area contributed by atoms with Crippen LogP contribution in [0.3, 0.4) is 0 Å². The molecule has 2 atom stereocenters. The van der Waals surface area contributed by atoms with Gasteiger partial charge in [-0.2, -0.15) is 22.7 Å². The minimum atomic E-state index is -4.71. The van der Waals surface area contributed by atoms with E-state index < -0.39 is 71.5 Å². The first-order chi connectivity index (χ1) is 15.2. The molecule has 14 heteroatoms. The first-order valence-corrected chi connectivity index (χ1v) is 12.9. The maximum atomic E-state index is 13.1. The second-order valence-corrected chi connectivity index (χ2v) is 12.3. The van der Waals surface area contributed by atoms with Crippen LogP contribution >= 0.6 is 15.9 Å².